The largest absolute Gasteiger partial charge is 0.420 e. The molecule has 3 rings (SSSR count). The number of nitrogens with zero attached hydrogens (tertiary/aromatic N) is 1. The summed E-state index contributed by atoms with van der Waals surface area (Å²) in [6.07, 6.45) is -37.7. The number of rotatable bonds is 3. The number of anilines is 5. The summed E-state index contributed by atoms with van der Waals surface area (Å²) in [6.45, 7) is 0. The van der Waals surface area contributed by atoms with Gasteiger partial charge in [-0.05, 0) is 24.3 Å². The van der Waals surface area contributed by atoms with Gasteiger partial charge < -0.3 is 16.4 Å². The van der Waals surface area contributed by atoms with E-state index in [4.69, 9.17) is 11.5 Å². The van der Waals surface area contributed by atoms with Crippen LogP contribution in [0.25, 0.3) is 0 Å². The van der Waals surface area contributed by atoms with Crippen LogP contribution >= 0.6 is 0 Å². The van der Waals surface area contributed by atoms with E-state index in [2.05, 4.69) is 0 Å². The first-order valence-corrected chi connectivity index (χ1v) is 11.2. The van der Waals surface area contributed by atoms with E-state index < -0.39 is 116 Å². The smallest absolute Gasteiger partial charge is 0.398 e. The lowest BCUT2D eigenvalue weighted by atomic mass is 9.93. The molecule has 45 heavy (non-hydrogen) atoms. The molecular weight excluding hydrogens is 672 g/mol. The van der Waals surface area contributed by atoms with Crippen LogP contribution in [0.4, 0.5) is 107 Å². The maximum absolute atomic E-state index is 14.3. The average molecular weight is 683 g/mol. The third-order valence-electron chi connectivity index (χ3n) is 5.93. The van der Waals surface area contributed by atoms with Gasteiger partial charge in [-0.15, -0.1) is 0 Å². The summed E-state index contributed by atoms with van der Waals surface area (Å²) in [5.41, 5.74) is -19.8. The van der Waals surface area contributed by atoms with Gasteiger partial charge in [0.05, 0.1) is 45.0 Å². The van der Waals surface area contributed by atoms with E-state index >= 15 is 0 Å². The van der Waals surface area contributed by atoms with Gasteiger partial charge in [0, 0.05) is 5.69 Å². The molecular formula is C24H11F18N3. The zero-order valence-corrected chi connectivity index (χ0v) is 20.9. The summed E-state index contributed by atoms with van der Waals surface area (Å²) in [4.78, 5) is -0.705. The Hall–Kier alpha value is -4.20. The normalized spacial score (nSPS) is 13.7. The van der Waals surface area contributed by atoms with Crippen molar-refractivity contribution in [1.82, 2.24) is 0 Å². The molecule has 3 aromatic rings. The molecule has 0 bridgehead atoms. The fraction of sp³-hybridized carbons (Fsp3) is 0.250. The molecule has 3 nitrogen and oxygen atoms in total. The number of halogens is 18. The van der Waals surface area contributed by atoms with Crippen LogP contribution in [0.2, 0.25) is 0 Å². The van der Waals surface area contributed by atoms with Crippen molar-refractivity contribution < 1.29 is 79.0 Å². The first-order valence-electron chi connectivity index (χ1n) is 11.2. The molecule has 0 aromatic heterocycles. The predicted molar refractivity (Wildman–Crippen MR) is 120 cm³/mol. The molecule has 0 saturated heterocycles. The van der Waals surface area contributed by atoms with Gasteiger partial charge in [0.25, 0.3) is 0 Å². The second-order valence-corrected chi connectivity index (χ2v) is 8.87. The summed E-state index contributed by atoms with van der Waals surface area (Å²) in [5, 5.41) is 0. The van der Waals surface area contributed by atoms with Crippen molar-refractivity contribution in [1.29, 1.82) is 0 Å². The highest BCUT2D eigenvalue weighted by Crippen LogP contribution is 2.57. The Bertz CT molecular complexity index is 1470. The highest BCUT2D eigenvalue weighted by molar-refractivity contribution is 5.88. The number of nitrogens with two attached hydrogens (primary N) is 2. The van der Waals surface area contributed by atoms with Crippen LogP contribution < -0.4 is 16.4 Å². The van der Waals surface area contributed by atoms with Gasteiger partial charge in [-0.25, -0.2) is 0 Å². The van der Waals surface area contributed by atoms with Crippen LogP contribution in [0, 0.1) is 0 Å². The number of benzene rings is 3. The van der Waals surface area contributed by atoms with E-state index in [1.54, 1.807) is 0 Å². The lowest BCUT2D eigenvalue weighted by molar-refractivity contribution is -0.162. The van der Waals surface area contributed by atoms with Crippen molar-refractivity contribution in [2.45, 2.75) is 37.1 Å². The van der Waals surface area contributed by atoms with E-state index in [-0.39, 0.29) is 0 Å². The summed E-state index contributed by atoms with van der Waals surface area (Å²) in [7, 11) is 0. The number of para-hydroxylation sites is 1. The minimum atomic E-state index is -6.30. The second-order valence-electron chi connectivity index (χ2n) is 8.87. The molecule has 0 saturated carbocycles. The molecule has 0 radical (unpaired) electrons. The van der Waals surface area contributed by atoms with E-state index in [1.807, 2.05) is 0 Å². The summed E-state index contributed by atoms with van der Waals surface area (Å²) in [6, 6.07) is 1.48. The van der Waals surface area contributed by atoms with Crippen molar-refractivity contribution in [3.8, 4) is 0 Å². The molecule has 0 unspecified atom stereocenters. The Labute approximate surface area is 237 Å². The Kier molecular flexibility index (Phi) is 8.40. The Balaban J connectivity index is 2.80. The van der Waals surface area contributed by atoms with Gasteiger partial charge in [0.1, 0.15) is 11.1 Å². The molecule has 0 spiro atoms. The molecule has 3 aromatic carbocycles. The Morgan fingerprint density at radius 3 is 0.933 bits per heavy atom. The van der Waals surface area contributed by atoms with Crippen LogP contribution in [-0.4, -0.2) is 0 Å². The molecule has 0 aliphatic heterocycles. The average Bonchev–Trinajstić information content (AvgIpc) is 2.79. The van der Waals surface area contributed by atoms with E-state index in [0.29, 0.717) is 12.1 Å². The van der Waals surface area contributed by atoms with Crippen molar-refractivity contribution >= 4 is 28.4 Å². The molecule has 0 heterocycles. The van der Waals surface area contributed by atoms with Gasteiger partial charge in [0.2, 0.25) is 0 Å². The lowest BCUT2D eigenvalue weighted by Gasteiger charge is -2.34. The summed E-state index contributed by atoms with van der Waals surface area (Å²) >= 11 is 0. The minimum Gasteiger partial charge on any atom is -0.398 e. The fourth-order valence-electron chi connectivity index (χ4n) is 4.37. The van der Waals surface area contributed by atoms with Crippen molar-refractivity contribution in [2.75, 3.05) is 16.4 Å². The Morgan fingerprint density at radius 2 is 0.689 bits per heavy atom. The molecule has 248 valence electrons. The standard InChI is InChI=1S/C24H11F18N3/c25-19(26,27)9-6-11(15(23(37,38)39)17(43)13(9)21(31,32)33)45(8-4-2-1-3-5-8)12-7-10(20(28,29)30)14(22(34,35)36)18(44)16(12)24(40,41)42/h1-7H,43-44H2. The SMILES string of the molecule is Nc1c(C(F)(F)F)c(N(c2ccccc2)c2cc(C(F)(F)F)c(C(F)(F)F)c(N)c2C(F)(F)F)cc(C(F)(F)F)c1C(F)(F)F. The van der Waals surface area contributed by atoms with Gasteiger partial charge >= 0.3 is 37.1 Å². The third kappa shape index (κ3) is 6.75. The number of hydrogen-bond acceptors (Lipinski definition) is 3. The van der Waals surface area contributed by atoms with Crippen LogP contribution in [0.15, 0.2) is 42.5 Å². The molecule has 4 N–H and O–H groups in total. The van der Waals surface area contributed by atoms with E-state index in [9.17, 15) is 79.0 Å². The summed E-state index contributed by atoms with van der Waals surface area (Å²) < 4.78 is 251. The molecule has 21 heteroatoms. The zero-order valence-electron chi connectivity index (χ0n) is 20.9. The number of hydrogen-bond donors (Lipinski definition) is 2. The van der Waals surface area contributed by atoms with Gasteiger partial charge in [-0.1, -0.05) is 18.2 Å². The van der Waals surface area contributed by atoms with Crippen LogP contribution in [-0.2, 0) is 37.1 Å². The van der Waals surface area contributed by atoms with Crippen molar-refractivity contribution in [3.05, 3.63) is 75.8 Å². The predicted octanol–water partition coefficient (Wildman–Crippen LogP) is 10.4. The zero-order chi connectivity index (χ0) is 34.9. The van der Waals surface area contributed by atoms with Gasteiger partial charge in [-0.3, -0.25) is 0 Å². The highest BCUT2D eigenvalue weighted by Gasteiger charge is 2.53. The molecule has 0 fully saturated rings. The highest BCUT2D eigenvalue weighted by atomic mass is 19.4. The second kappa shape index (κ2) is 10.7. The molecule has 0 amide bonds. The number of alkyl halides is 18. The fourth-order valence-corrected chi connectivity index (χ4v) is 4.37. The number of nitrogen functional groups attached to an aromatic ring is 2. The summed E-state index contributed by atoms with van der Waals surface area (Å²) in [5.74, 6) is 0. The third-order valence-corrected chi connectivity index (χ3v) is 5.93. The molecule has 0 atom stereocenters. The van der Waals surface area contributed by atoms with Crippen LogP contribution in [0.3, 0.4) is 0 Å². The minimum absolute atomic E-state index is 0.475. The van der Waals surface area contributed by atoms with Crippen LogP contribution in [0.5, 0.6) is 0 Å². The first-order chi connectivity index (χ1) is 20.0. The first kappa shape index (κ1) is 35.3. The maximum atomic E-state index is 14.3. The quantitative estimate of drug-likeness (QED) is 0.214. The monoisotopic (exact) mass is 683 g/mol. The van der Waals surface area contributed by atoms with E-state index in [0.717, 1.165) is 18.2 Å². The molecule has 0 aliphatic rings. The topological polar surface area (TPSA) is 55.3 Å². The maximum Gasteiger partial charge on any atom is 0.420 e. The lowest BCUT2D eigenvalue weighted by Crippen LogP contribution is -2.28. The van der Waals surface area contributed by atoms with Crippen molar-refractivity contribution in [3.63, 3.8) is 0 Å². The van der Waals surface area contributed by atoms with E-state index in [1.165, 1.54) is 0 Å². The van der Waals surface area contributed by atoms with Crippen molar-refractivity contribution in [2.24, 2.45) is 0 Å². The van der Waals surface area contributed by atoms with Crippen LogP contribution in [0.1, 0.15) is 33.4 Å². The van der Waals surface area contributed by atoms with Gasteiger partial charge in [-0.2, -0.15) is 79.0 Å². The molecule has 0 aliphatic carbocycles. The van der Waals surface area contributed by atoms with Gasteiger partial charge in [0.15, 0.2) is 0 Å². The Morgan fingerprint density at radius 1 is 0.400 bits per heavy atom.